The summed E-state index contributed by atoms with van der Waals surface area (Å²) in [4.78, 5) is 29.8. The summed E-state index contributed by atoms with van der Waals surface area (Å²) in [5, 5.41) is 7.82. The van der Waals surface area contributed by atoms with Crippen LogP contribution in [0.1, 0.15) is 11.1 Å². The number of hydrogen-bond donors (Lipinski definition) is 1. The highest BCUT2D eigenvalue weighted by Gasteiger charge is 2.15. The molecule has 2 heterocycles. The minimum Gasteiger partial charge on any atom is -0.495 e. The van der Waals surface area contributed by atoms with Gasteiger partial charge in [0.15, 0.2) is 5.65 Å². The Bertz CT molecular complexity index is 1360. The molecule has 0 aliphatic heterocycles. The topological polar surface area (TPSA) is 91.0 Å². The molecule has 2 aromatic carbocycles. The Morgan fingerprint density at radius 3 is 2.71 bits per heavy atom. The van der Waals surface area contributed by atoms with Crippen LogP contribution in [0.15, 0.2) is 53.7 Å². The first kappa shape index (κ1) is 20.6. The summed E-state index contributed by atoms with van der Waals surface area (Å²) in [5.74, 6) is 0.0544. The number of methoxy groups -OCH3 is 1. The zero-order valence-corrected chi connectivity index (χ0v) is 18.0. The fourth-order valence-corrected chi connectivity index (χ4v) is 3.40. The number of nitrogens with one attached hydrogen (secondary N) is 1. The molecule has 2 aromatic heterocycles. The highest BCUT2D eigenvalue weighted by Crippen LogP contribution is 2.27. The Balaban J connectivity index is 1.62. The molecule has 0 saturated carbocycles. The molecular formula is C22H20ClN5O3. The number of fused-ring (bicyclic) bond motifs is 1. The first-order valence-corrected chi connectivity index (χ1v) is 9.89. The van der Waals surface area contributed by atoms with Gasteiger partial charge in [-0.3, -0.25) is 14.2 Å². The number of aromatic nitrogens is 4. The molecule has 0 unspecified atom stereocenters. The number of ether oxygens (including phenoxy) is 1. The number of carbonyl (C=O) groups is 1. The molecule has 0 fully saturated rings. The minimum absolute atomic E-state index is 0.216. The molecule has 1 amide bonds. The van der Waals surface area contributed by atoms with Crippen LogP contribution in [0.5, 0.6) is 5.75 Å². The zero-order chi connectivity index (χ0) is 22.1. The quantitative estimate of drug-likeness (QED) is 0.516. The SMILES string of the molecule is COc1ccc(Cl)cc1NC(=O)Cn1cnc2c(cnn2-c2ccc(C)c(C)c2)c1=O. The second-order valence-electron chi connectivity index (χ2n) is 7.13. The smallest absolute Gasteiger partial charge is 0.264 e. The first-order chi connectivity index (χ1) is 14.9. The van der Waals surface area contributed by atoms with Gasteiger partial charge in [-0.2, -0.15) is 5.10 Å². The Morgan fingerprint density at radius 2 is 1.97 bits per heavy atom. The minimum atomic E-state index is -0.412. The molecule has 0 aliphatic rings. The molecule has 4 rings (SSSR count). The van der Waals surface area contributed by atoms with E-state index >= 15 is 0 Å². The van der Waals surface area contributed by atoms with Gasteiger partial charge in [0, 0.05) is 5.02 Å². The first-order valence-electron chi connectivity index (χ1n) is 9.51. The van der Waals surface area contributed by atoms with Crippen molar-refractivity contribution in [1.82, 2.24) is 19.3 Å². The van der Waals surface area contributed by atoms with Gasteiger partial charge in [-0.05, 0) is 55.3 Å². The normalized spacial score (nSPS) is 11.0. The van der Waals surface area contributed by atoms with Gasteiger partial charge in [-0.15, -0.1) is 0 Å². The summed E-state index contributed by atoms with van der Waals surface area (Å²) >= 11 is 6.00. The summed E-state index contributed by atoms with van der Waals surface area (Å²) in [5.41, 5.74) is 3.59. The van der Waals surface area contributed by atoms with Crippen LogP contribution < -0.4 is 15.6 Å². The van der Waals surface area contributed by atoms with Crippen molar-refractivity contribution in [3.63, 3.8) is 0 Å². The number of rotatable bonds is 5. The number of halogens is 1. The van der Waals surface area contributed by atoms with Crippen molar-refractivity contribution in [2.75, 3.05) is 12.4 Å². The number of amides is 1. The van der Waals surface area contributed by atoms with E-state index in [1.54, 1.807) is 22.9 Å². The van der Waals surface area contributed by atoms with Crippen molar-refractivity contribution in [2.45, 2.75) is 20.4 Å². The van der Waals surface area contributed by atoms with Crippen LogP contribution >= 0.6 is 11.6 Å². The Morgan fingerprint density at radius 1 is 1.16 bits per heavy atom. The third kappa shape index (κ3) is 4.02. The molecule has 0 atom stereocenters. The van der Waals surface area contributed by atoms with E-state index in [1.165, 1.54) is 24.2 Å². The molecule has 158 valence electrons. The standard InChI is InChI=1S/C22H20ClN5O3/c1-13-4-6-16(8-14(13)2)28-21-17(10-25-28)22(30)27(12-24-21)11-20(29)26-18-9-15(23)5-7-19(18)31-3/h4-10,12H,11H2,1-3H3,(H,26,29). The predicted octanol–water partition coefficient (Wildman–Crippen LogP) is 3.50. The molecular weight excluding hydrogens is 418 g/mol. The van der Waals surface area contributed by atoms with Crippen LogP contribution in [0.4, 0.5) is 5.69 Å². The number of nitrogens with zero attached hydrogens (tertiary/aromatic N) is 4. The number of carbonyl (C=O) groups excluding carboxylic acids is 1. The molecule has 4 aromatic rings. The van der Waals surface area contributed by atoms with Gasteiger partial charge in [0.2, 0.25) is 5.91 Å². The van der Waals surface area contributed by atoms with Crippen molar-refractivity contribution in [2.24, 2.45) is 0 Å². The summed E-state index contributed by atoms with van der Waals surface area (Å²) in [6.07, 6.45) is 2.81. The van der Waals surface area contributed by atoms with Crippen molar-refractivity contribution < 1.29 is 9.53 Å². The van der Waals surface area contributed by atoms with E-state index in [0.29, 0.717) is 27.5 Å². The van der Waals surface area contributed by atoms with Crippen molar-refractivity contribution in [3.05, 3.63) is 75.4 Å². The van der Waals surface area contributed by atoms with Gasteiger partial charge >= 0.3 is 0 Å². The van der Waals surface area contributed by atoms with Gasteiger partial charge in [-0.1, -0.05) is 17.7 Å². The number of anilines is 1. The van der Waals surface area contributed by atoms with E-state index < -0.39 is 5.91 Å². The van der Waals surface area contributed by atoms with Gasteiger partial charge in [0.1, 0.15) is 24.0 Å². The van der Waals surface area contributed by atoms with Gasteiger partial charge in [0.25, 0.3) is 5.56 Å². The van der Waals surface area contributed by atoms with Gasteiger partial charge in [0.05, 0.1) is 24.7 Å². The molecule has 0 aliphatic carbocycles. The Labute approximate surface area is 183 Å². The van der Waals surface area contributed by atoms with E-state index in [1.807, 2.05) is 32.0 Å². The van der Waals surface area contributed by atoms with E-state index in [9.17, 15) is 9.59 Å². The fraction of sp³-hybridized carbons (Fsp3) is 0.182. The van der Waals surface area contributed by atoms with Crippen LogP contribution in [-0.4, -0.2) is 32.3 Å². The van der Waals surface area contributed by atoms with Crippen LogP contribution in [0.3, 0.4) is 0 Å². The molecule has 9 heteroatoms. The fourth-order valence-electron chi connectivity index (χ4n) is 3.23. The van der Waals surface area contributed by atoms with Crippen molar-refractivity contribution in [1.29, 1.82) is 0 Å². The lowest BCUT2D eigenvalue weighted by Crippen LogP contribution is -2.28. The van der Waals surface area contributed by atoms with E-state index in [0.717, 1.165) is 16.8 Å². The largest absolute Gasteiger partial charge is 0.495 e. The highest BCUT2D eigenvalue weighted by atomic mass is 35.5. The molecule has 31 heavy (non-hydrogen) atoms. The average molecular weight is 438 g/mol. The molecule has 0 bridgehead atoms. The molecule has 0 saturated heterocycles. The van der Waals surface area contributed by atoms with Crippen LogP contribution in [-0.2, 0) is 11.3 Å². The maximum absolute atomic E-state index is 12.9. The van der Waals surface area contributed by atoms with E-state index in [-0.39, 0.29) is 12.1 Å². The summed E-state index contributed by atoms with van der Waals surface area (Å²) in [6, 6.07) is 10.8. The summed E-state index contributed by atoms with van der Waals surface area (Å²) < 4.78 is 8.08. The monoisotopic (exact) mass is 437 g/mol. The maximum Gasteiger partial charge on any atom is 0.264 e. The van der Waals surface area contributed by atoms with Gasteiger partial charge in [-0.25, -0.2) is 9.67 Å². The second kappa shape index (κ2) is 8.23. The van der Waals surface area contributed by atoms with Crippen LogP contribution in [0, 0.1) is 13.8 Å². The number of benzene rings is 2. The third-order valence-corrected chi connectivity index (χ3v) is 5.27. The third-order valence-electron chi connectivity index (χ3n) is 5.04. The predicted molar refractivity (Wildman–Crippen MR) is 119 cm³/mol. The average Bonchev–Trinajstić information content (AvgIpc) is 3.17. The molecule has 0 spiro atoms. The van der Waals surface area contributed by atoms with Crippen LogP contribution in [0.25, 0.3) is 16.7 Å². The summed E-state index contributed by atoms with van der Waals surface area (Å²) in [7, 11) is 1.49. The van der Waals surface area contributed by atoms with Crippen molar-refractivity contribution in [3.8, 4) is 11.4 Å². The number of aryl methyl sites for hydroxylation is 2. The lowest BCUT2D eigenvalue weighted by atomic mass is 10.1. The van der Waals surface area contributed by atoms with Crippen LogP contribution in [0.2, 0.25) is 5.02 Å². The summed E-state index contributed by atoms with van der Waals surface area (Å²) in [6.45, 7) is 3.83. The molecule has 0 radical (unpaired) electrons. The van der Waals surface area contributed by atoms with E-state index in [4.69, 9.17) is 16.3 Å². The maximum atomic E-state index is 12.9. The highest BCUT2D eigenvalue weighted by molar-refractivity contribution is 6.31. The lowest BCUT2D eigenvalue weighted by molar-refractivity contribution is -0.116. The van der Waals surface area contributed by atoms with E-state index in [2.05, 4.69) is 15.4 Å². The lowest BCUT2D eigenvalue weighted by Gasteiger charge is -2.11. The molecule has 8 nitrogen and oxygen atoms in total. The zero-order valence-electron chi connectivity index (χ0n) is 17.2. The van der Waals surface area contributed by atoms with Crippen molar-refractivity contribution >= 4 is 34.2 Å². The Hall–Kier alpha value is -3.65. The molecule has 1 N–H and O–H groups in total. The number of hydrogen-bond acceptors (Lipinski definition) is 5. The second-order valence-corrected chi connectivity index (χ2v) is 7.57. The Kier molecular flexibility index (Phi) is 5.48. The van der Waals surface area contributed by atoms with Gasteiger partial charge < -0.3 is 10.1 Å².